The van der Waals surface area contributed by atoms with Crippen LogP contribution in [-0.2, 0) is 9.53 Å². The van der Waals surface area contributed by atoms with Gasteiger partial charge in [0.05, 0.1) is 0 Å². The van der Waals surface area contributed by atoms with Crippen LogP contribution in [0.25, 0.3) is 0 Å². The first-order valence-corrected chi connectivity index (χ1v) is 3.73. The first-order valence-electron chi connectivity index (χ1n) is 3.73. The predicted molar refractivity (Wildman–Crippen MR) is 43.7 cm³/mol. The van der Waals surface area contributed by atoms with Gasteiger partial charge in [-0.05, 0) is 12.3 Å². The minimum atomic E-state index is 0.403. The van der Waals surface area contributed by atoms with Crippen LogP contribution in [0.3, 0.4) is 0 Å². The Morgan fingerprint density at radius 2 is 2.36 bits per heavy atom. The number of carbonyl (C=O) groups is 1. The summed E-state index contributed by atoms with van der Waals surface area (Å²) in [5, 5.41) is 2.96. The molecule has 0 rings (SSSR count). The van der Waals surface area contributed by atoms with E-state index in [9.17, 15) is 4.79 Å². The van der Waals surface area contributed by atoms with Crippen molar-refractivity contribution in [3.63, 3.8) is 0 Å². The molecule has 0 aliphatic carbocycles. The van der Waals surface area contributed by atoms with E-state index < -0.39 is 0 Å². The summed E-state index contributed by atoms with van der Waals surface area (Å²) in [6, 6.07) is 0. The molecule has 0 aromatic heterocycles. The highest BCUT2D eigenvalue weighted by molar-refractivity contribution is 5.38. The van der Waals surface area contributed by atoms with Crippen LogP contribution in [0.4, 0.5) is 0 Å². The largest absolute Gasteiger partial charge is 0.435 e. The summed E-state index contributed by atoms with van der Waals surface area (Å²) in [5.74, 6) is 0.403. The molecular formula is C8H15NO2. The van der Waals surface area contributed by atoms with E-state index >= 15 is 0 Å². The summed E-state index contributed by atoms with van der Waals surface area (Å²) in [5.41, 5.74) is 0.944. The van der Waals surface area contributed by atoms with Gasteiger partial charge in [0.1, 0.15) is 6.26 Å². The molecule has 3 nitrogen and oxygen atoms in total. The number of carbonyl (C=O) groups excluding carboxylic acids is 1. The number of rotatable bonds is 5. The monoisotopic (exact) mass is 157 g/mol. The van der Waals surface area contributed by atoms with Crippen LogP contribution in [-0.4, -0.2) is 13.5 Å². The molecule has 0 bridgehead atoms. The molecule has 0 fully saturated rings. The lowest BCUT2D eigenvalue weighted by Gasteiger charge is -2.11. The highest BCUT2D eigenvalue weighted by Gasteiger charge is 2.03. The number of ether oxygens (including phenoxy) is 1. The Bertz CT molecular complexity index is 143. The zero-order valence-electron chi connectivity index (χ0n) is 7.26. The van der Waals surface area contributed by atoms with E-state index in [1.165, 1.54) is 6.26 Å². The average Bonchev–Trinajstić information content (AvgIpc) is 2.05. The Morgan fingerprint density at radius 1 is 1.73 bits per heavy atom. The second kappa shape index (κ2) is 5.77. The molecule has 11 heavy (non-hydrogen) atoms. The summed E-state index contributed by atoms with van der Waals surface area (Å²) in [6.07, 6.45) is 2.47. The minimum absolute atomic E-state index is 0.403. The fourth-order valence-corrected chi connectivity index (χ4v) is 0.742. The maximum atomic E-state index is 9.84. The van der Waals surface area contributed by atoms with Crippen LogP contribution in [0.1, 0.15) is 20.3 Å². The number of nitrogens with one attached hydrogen (secondary N) is 1. The van der Waals surface area contributed by atoms with Gasteiger partial charge in [0, 0.05) is 12.7 Å². The van der Waals surface area contributed by atoms with Crippen molar-refractivity contribution in [2.45, 2.75) is 20.3 Å². The zero-order valence-corrected chi connectivity index (χ0v) is 7.26. The van der Waals surface area contributed by atoms with Crippen molar-refractivity contribution in [1.82, 2.24) is 5.32 Å². The Balaban J connectivity index is 4.01. The zero-order chi connectivity index (χ0) is 8.69. The van der Waals surface area contributed by atoms with E-state index in [1.807, 2.05) is 7.05 Å². The lowest BCUT2D eigenvalue weighted by Crippen LogP contribution is -2.13. The third-order valence-corrected chi connectivity index (χ3v) is 1.68. The molecule has 0 radical (unpaired) electrons. The second-order valence-corrected chi connectivity index (χ2v) is 2.36. The maximum Gasteiger partial charge on any atom is 0.297 e. The Hall–Kier alpha value is -0.990. The Morgan fingerprint density at radius 3 is 2.73 bits per heavy atom. The van der Waals surface area contributed by atoms with Gasteiger partial charge >= 0.3 is 0 Å². The van der Waals surface area contributed by atoms with Gasteiger partial charge in [-0.15, -0.1) is 0 Å². The number of allylic oxidation sites excluding steroid dienone is 1. The molecule has 3 heteroatoms. The van der Waals surface area contributed by atoms with Crippen molar-refractivity contribution >= 4 is 6.47 Å². The fourth-order valence-electron chi connectivity index (χ4n) is 0.742. The summed E-state index contributed by atoms with van der Waals surface area (Å²) in [6.45, 7) is 4.56. The van der Waals surface area contributed by atoms with Gasteiger partial charge in [0.25, 0.3) is 6.47 Å². The number of hydrogen-bond donors (Lipinski definition) is 1. The first-order chi connectivity index (χ1) is 5.26. The highest BCUT2D eigenvalue weighted by atomic mass is 16.5. The molecule has 0 amide bonds. The van der Waals surface area contributed by atoms with Gasteiger partial charge < -0.3 is 10.1 Å². The third-order valence-electron chi connectivity index (χ3n) is 1.68. The van der Waals surface area contributed by atoms with Gasteiger partial charge in [-0.1, -0.05) is 13.8 Å². The van der Waals surface area contributed by atoms with Crippen molar-refractivity contribution in [2.24, 2.45) is 5.92 Å². The van der Waals surface area contributed by atoms with Crippen molar-refractivity contribution in [1.29, 1.82) is 0 Å². The molecule has 64 valence electrons. The lowest BCUT2D eigenvalue weighted by atomic mass is 10.1. The molecule has 0 aromatic rings. The van der Waals surface area contributed by atoms with E-state index in [2.05, 4.69) is 23.9 Å². The maximum absolute atomic E-state index is 9.84. The van der Waals surface area contributed by atoms with E-state index in [4.69, 9.17) is 0 Å². The van der Waals surface area contributed by atoms with Crippen LogP contribution >= 0.6 is 0 Å². The molecule has 0 heterocycles. The molecule has 0 spiro atoms. The Labute approximate surface area is 67.4 Å². The number of hydrogen-bond acceptors (Lipinski definition) is 3. The summed E-state index contributed by atoms with van der Waals surface area (Å²) in [4.78, 5) is 9.84. The predicted octanol–water partition coefficient (Wildman–Crippen LogP) is 1.27. The topological polar surface area (TPSA) is 38.3 Å². The van der Waals surface area contributed by atoms with E-state index in [1.54, 1.807) is 0 Å². The highest BCUT2D eigenvalue weighted by Crippen LogP contribution is 2.09. The molecule has 0 aliphatic heterocycles. The lowest BCUT2D eigenvalue weighted by molar-refractivity contribution is -0.123. The second-order valence-electron chi connectivity index (χ2n) is 2.36. The standard InChI is InChI=1S/C8H15NO2/c1-4-7(2)8(9-3)5-11-6-10/h5-7,9H,4H2,1-3H3/b8-5-. The summed E-state index contributed by atoms with van der Waals surface area (Å²) >= 11 is 0. The van der Waals surface area contributed by atoms with Crippen LogP contribution in [0, 0.1) is 5.92 Å². The SMILES string of the molecule is CCC(C)/C(=C/OC=O)NC. The van der Waals surface area contributed by atoms with Crippen LogP contribution < -0.4 is 5.32 Å². The Kier molecular flexibility index (Phi) is 5.25. The molecule has 1 unspecified atom stereocenters. The van der Waals surface area contributed by atoms with Gasteiger partial charge in [-0.2, -0.15) is 0 Å². The molecule has 0 aliphatic rings. The summed E-state index contributed by atoms with van der Waals surface area (Å²) < 4.78 is 4.50. The molecule has 0 saturated carbocycles. The fraction of sp³-hybridized carbons (Fsp3) is 0.625. The third kappa shape index (κ3) is 3.65. The van der Waals surface area contributed by atoms with Crippen molar-refractivity contribution in [3.05, 3.63) is 12.0 Å². The summed E-state index contributed by atoms with van der Waals surface area (Å²) in [7, 11) is 1.81. The van der Waals surface area contributed by atoms with Crippen molar-refractivity contribution in [3.8, 4) is 0 Å². The normalized spacial score (nSPS) is 13.9. The van der Waals surface area contributed by atoms with Crippen molar-refractivity contribution < 1.29 is 9.53 Å². The van der Waals surface area contributed by atoms with Crippen molar-refractivity contribution in [2.75, 3.05) is 7.05 Å². The molecular weight excluding hydrogens is 142 g/mol. The quantitative estimate of drug-likeness (QED) is 0.482. The molecule has 0 saturated heterocycles. The van der Waals surface area contributed by atoms with Crippen LogP contribution in [0.5, 0.6) is 0 Å². The van der Waals surface area contributed by atoms with Gasteiger partial charge in [0.15, 0.2) is 0 Å². The van der Waals surface area contributed by atoms with E-state index in [-0.39, 0.29) is 0 Å². The van der Waals surface area contributed by atoms with Gasteiger partial charge in [0.2, 0.25) is 0 Å². The first kappa shape index (κ1) is 10.0. The van der Waals surface area contributed by atoms with E-state index in [0.717, 1.165) is 12.1 Å². The smallest absolute Gasteiger partial charge is 0.297 e. The van der Waals surface area contributed by atoms with Crippen LogP contribution in [0.2, 0.25) is 0 Å². The van der Waals surface area contributed by atoms with Gasteiger partial charge in [-0.25, -0.2) is 0 Å². The molecule has 1 atom stereocenters. The molecule has 0 aromatic carbocycles. The minimum Gasteiger partial charge on any atom is -0.435 e. The van der Waals surface area contributed by atoms with E-state index in [0.29, 0.717) is 12.4 Å². The molecule has 1 N–H and O–H groups in total. The average molecular weight is 157 g/mol. The van der Waals surface area contributed by atoms with Crippen LogP contribution in [0.15, 0.2) is 12.0 Å². The van der Waals surface area contributed by atoms with Gasteiger partial charge in [-0.3, -0.25) is 4.79 Å².